The minimum absolute atomic E-state index is 0.917. The van der Waals surface area contributed by atoms with E-state index in [1.54, 1.807) is 0 Å². The molecule has 0 aliphatic carbocycles. The first kappa shape index (κ1) is 22.8. The zero-order valence-electron chi connectivity index (χ0n) is 22.2. The molecule has 40 heavy (non-hydrogen) atoms. The second-order valence-corrected chi connectivity index (χ2v) is 10.6. The van der Waals surface area contributed by atoms with Crippen LogP contribution in [0.3, 0.4) is 0 Å². The van der Waals surface area contributed by atoms with Crippen molar-refractivity contribution in [1.82, 2.24) is 0 Å². The van der Waals surface area contributed by atoms with Crippen LogP contribution in [0.15, 0.2) is 144 Å². The third kappa shape index (κ3) is 3.56. The monoisotopic (exact) mass is 510 g/mol. The van der Waals surface area contributed by atoms with E-state index in [-0.39, 0.29) is 0 Å². The SMILES string of the molecule is Cc1cccc(-c2cccc(-c3cccc(-c4cccc5oc6c7ccccc7c7ccccc7c6c45)c3)c2)c1. The number of aryl methyl sites for hydroxylation is 1. The lowest BCUT2D eigenvalue weighted by molar-refractivity contribution is 0.673. The zero-order chi connectivity index (χ0) is 26.6. The fraction of sp³-hybridized carbons (Fsp3) is 0.0256. The van der Waals surface area contributed by atoms with Gasteiger partial charge in [0.1, 0.15) is 11.2 Å². The van der Waals surface area contributed by atoms with E-state index in [9.17, 15) is 0 Å². The molecule has 188 valence electrons. The highest BCUT2D eigenvalue weighted by atomic mass is 16.3. The van der Waals surface area contributed by atoms with Gasteiger partial charge in [-0.1, -0.05) is 127 Å². The Morgan fingerprint density at radius 3 is 1.62 bits per heavy atom. The van der Waals surface area contributed by atoms with Crippen molar-refractivity contribution >= 4 is 43.5 Å². The molecule has 0 amide bonds. The summed E-state index contributed by atoms with van der Waals surface area (Å²) in [5.74, 6) is 0. The van der Waals surface area contributed by atoms with Gasteiger partial charge < -0.3 is 4.42 Å². The van der Waals surface area contributed by atoms with Gasteiger partial charge in [0, 0.05) is 16.2 Å². The first-order valence-corrected chi connectivity index (χ1v) is 13.8. The number of benzene rings is 7. The maximum absolute atomic E-state index is 6.63. The number of fused-ring (bicyclic) bond motifs is 8. The Balaban J connectivity index is 1.36. The Hall–Kier alpha value is -5.14. The molecule has 1 heterocycles. The summed E-state index contributed by atoms with van der Waals surface area (Å²) in [7, 11) is 0. The van der Waals surface area contributed by atoms with Gasteiger partial charge in [0.15, 0.2) is 0 Å². The van der Waals surface area contributed by atoms with Gasteiger partial charge in [-0.2, -0.15) is 0 Å². The molecular formula is C39H26O. The lowest BCUT2D eigenvalue weighted by atomic mass is 9.92. The second kappa shape index (κ2) is 8.97. The summed E-state index contributed by atoms with van der Waals surface area (Å²) in [6.07, 6.45) is 0. The van der Waals surface area contributed by atoms with Crippen LogP contribution in [0.4, 0.5) is 0 Å². The van der Waals surface area contributed by atoms with Gasteiger partial charge in [0.25, 0.3) is 0 Å². The summed E-state index contributed by atoms with van der Waals surface area (Å²) >= 11 is 0. The van der Waals surface area contributed by atoms with E-state index in [0.29, 0.717) is 0 Å². The molecule has 0 fully saturated rings. The molecule has 8 aromatic rings. The van der Waals surface area contributed by atoms with Crippen LogP contribution in [0, 0.1) is 6.92 Å². The van der Waals surface area contributed by atoms with Gasteiger partial charge in [0.2, 0.25) is 0 Å². The molecule has 0 aliphatic rings. The van der Waals surface area contributed by atoms with Gasteiger partial charge in [-0.25, -0.2) is 0 Å². The molecule has 0 bridgehead atoms. The van der Waals surface area contributed by atoms with Crippen molar-refractivity contribution in [3.8, 4) is 33.4 Å². The molecule has 0 saturated heterocycles. The quantitative estimate of drug-likeness (QED) is 0.215. The first-order chi connectivity index (χ1) is 19.7. The molecule has 0 aliphatic heterocycles. The van der Waals surface area contributed by atoms with Crippen LogP contribution >= 0.6 is 0 Å². The highest BCUT2D eigenvalue weighted by Crippen LogP contribution is 2.44. The maximum Gasteiger partial charge on any atom is 0.143 e. The second-order valence-electron chi connectivity index (χ2n) is 10.6. The minimum atomic E-state index is 0.917. The topological polar surface area (TPSA) is 13.1 Å². The highest BCUT2D eigenvalue weighted by molar-refractivity contribution is 6.32. The van der Waals surface area contributed by atoms with Gasteiger partial charge in [-0.3, -0.25) is 0 Å². The van der Waals surface area contributed by atoms with Crippen molar-refractivity contribution in [2.24, 2.45) is 0 Å². The van der Waals surface area contributed by atoms with Crippen molar-refractivity contribution in [3.05, 3.63) is 145 Å². The van der Waals surface area contributed by atoms with Crippen LogP contribution in [0.25, 0.3) is 76.9 Å². The number of hydrogen-bond acceptors (Lipinski definition) is 1. The van der Waals surface area contributed by atoms with Crippen LogP contribution in [-0.2, 0) is 0 Å². The third-order valence-corrected chi connectivity index (χ3v) is 8.09. The summed E-state index contributed by atoms with van der Waals surface area (Å²) < 4.78 is 6.63. The maximum atomic E-state index is 6.63. The summed E-state index contributed by atoms with van der Waals surface area (Å²) in [5, 5.41) is 7.22. The Morgan fingerprint density at radius 1 is 0.400 bits per heavy atom. The van der Waals surface area contributed by atoms with Gasteiger partial charge in [-0.05, 0) is 74.7 Å². The number of rotatable bonds is 3. The van der Waals surface area contributed by atoms with Crippen LogP contribution in [0.5, 0.6) is 0 Å². The van der Waals surface area contributed by atoms with Crippen molar-refractivity contribution in [1.29, 1.82) is 0 Å². The molecule has 0 spiro atoms. The molecule has 8 rings (SSSR count). The van der Waals surface area contributed by atoms with E-state index in [1.807, 2.05) is 0 Å². The van der Waals surface area contributed by atoms with Crippen LogP contribution < -0.4 is 0 Å². The predicted molar refractivity (Wildman–Crippen MR) is 170 cm³/mol. The molecule has 7 aromatic carbocycles. The van der Waals surface area contributed by atoms with E-state index in [4.69, 9.17) is 4.42 Å². The van der Waals surface area contributed by atoms with Crippen LogP contribution in [0.1, 0.15) is 5.56 Å². The standard InChI is InChI=1S/C39H26O/c1-25-10-6-11-26(22-25)27-12-7-13-28(23-27)29-14-8-15-30(24-29)31-20-9-21-36-37(31)38-34-18-4-2-16-32(34)33-17-3-5-19-35(33)39(38)40-36/h2-24H,1H3. The summed E-state index contributed by atoms with van der Waals surface area (Å²) in [4.78, 5) is 0. The molecule has 0 N–H and O–H groups in total. The normalized spacial score (nSPS) is 11.6. The van der Waals surface area contributed by atoms with E-state index in [2.05, 4.69) is 146 Å². The summed E-state index contributed by atoms with van der Waals surface area (Å²) in [6.45, 7) is 2.14. The summed E-state index contributed by atoms with van der Waals surface area (Å²) in [6, 6.07) is 50.1. The molecule has 1 heteroatoms. The predicted octanol–water partition coefficient (Wildman–Crippen LogP) is 11.2. The van der Waals surface area contributed by atoms with Gasteiger partial charge >= 0.3 is 0 Å². The lowest BCUT2D eigenvalue weighted by Crippen LogP contribution is -1.85. The van der Waals surface area contributed by atoms with E-state index in [1.165, 1.54) is 65.9 Å². The zero-order valence-corrected chi connectivity index (χ0v) is 22.2. The van der Waals surface area contributed by atoms with Crippen LogP contribution in [-0.4, -0.2) is 0 Å². The fourth-order valence-electron chi connectivity index (χ4n) is 6.26. The van der Waals surface area contributed by atoms with Crippen molar-refractivity contribution in [2.45, 2.75) is 6.92 Å². The molecular weight excluding hydrogens is 484 g/mol. The average Bonchev–Trinajstić information content (AvgIpc) is 3.42. The highest BCUT2D eigenvalue weighted by Gasteiger charge is 2.18. The van der Waals surface area contributed by atoms with Crippen LogP contribution in [0.2, 0.25) is 0 Å². The third-order valence-electron chi connectivity index (χ3n) is 8.09. The Kier molecular flexibility index (Phi) is 5.11. The van der Waals surface area contributed by atoms with E-state index >= 15 is 0 Å². The molecule has 0 unspecified atom stereocenters. The summed E-state index contributed by atoms with van der Waals surface area (Å²) in [5.41, 5.74) is 10.4. The van der Waals surface area contributed by atoms with E-state index < -0.39 is 0 Å². The van der Waals surface area contributed by atoms with Gasteiger partial charge in [0.05, 0.1) is 0 Å². The van der Waals surface area contributed by atoms with Crippen molar-refractivity contribution in [3.63, 3.8) is 0 Å². The molecule has 0 radical (unpaired) electrons. The van der Waals surface area contributed by atoms with Crippen molar-refractivity contribution < 1.29 is 4.42 Å². The largest absolute Gasteiger partial charge is 0.455 e. The lowest BCUT2D eigenvalue weighted by Gasteiger charge is -2.10. The molecule has 0 saturated carbocycles. The first-order valence-electron chi connectivity index (χ1n) is 13.8. The number of furan rings is 1. The number of hydrogen-bond donors (Lipinski definition) is 0. The smallest absolute Gasteiger partial charge is 0.143 e. The van der Waals surface area contributed by atoms with Crippen molar-refractivity contribution in [2.75, 3.05) is 0 Å². The average molecular weight is 511 g/mol. The Bertz CT molecular complexity index is 2230. The molecule has 1 aromatic heterocycles. The van der Waals surface area contributed by atoms with E-state index in [0.717, 1.165) is 16.6 Å². The molecule has 0 atom stereocenters. The fourth-order valence-corrected chi connectivity index (χ4v) is 6.26. The minimum Gasteiger partial charge on any atom is -0.455 e. The molecule has 1 nitrogen and oxygen atoms in total. The van der Waals surface area contributed by atoms with Gasteiger partial charge in [-0.15, -0.1) is 0 Å². The Labute approximate surface area is 232 Å². The Morgan fingerprint density at radius 2 is 0.925 bits per heavy atom.